The van der Waals surface area contributed by atoms with Crippen molar-refractivity contribution in [2.75, 3.05) is 33.4 Å². The second-order valence-corrected chi connectivity index (χ2v) is 6.29. The number of amides is 1. The lowest BCUT2D eigenvalue weighted by Gasteiger charge is -2.34. The highest BCUT2D eigenvalue weighted by Crippen LogP contribution is 2.25. The van der Waals surface area contributed by atoms with E-state index in [0.717, 1.165) is 11.3 Å². The van der Waals surface area contributed by atoms with Crippen LogP contribution in [0.4, 0.5) is 0 Å². The molecule has 1 aromatic carbocycles. The second kappa shape index (κ2) is 8.31. The molecule has 23 heavy (non-hydrogen) atoms. The van der Waals surface area contributed by atoms with Crippen LogP contribution in [0.15, 0.2) is 24.3 Å². The Labute approximate surface area is 139 Å². The third-order valence-corrected chi connectivity index (χ3v) is 4.29. The molecule has 1 aliphatic heterocycles. The molecule has 0 aromatic heterocycles. The third-order valence-electron chi connectivity index (χ3n) is 4.29. The second-order valence-electron chi connectivity index (χ2n) is 6.29. The molecular weight excluding hydrogens is 292 g/mol. The Morgan fingerprint density at radius 3 is 2.48 bits per heavy atom. The van der Waals surface area contributed by atoms with Crippen molar-refractivity contribution in [1.29, 1.82) is 0 Å². The van der Waals surface area contributed by atoms with E-state index in [-0.39, 0.29) is 23.9 Å². The van der Waals surface area contributed by atoms with Crippen LogP contribution in [0.2, 0.25) is 0 Å². The number of hydrogen-bond acceptors (Lipinski definition) is 4. The van der Waals surface area contributed by atoms with Gasteiger partial charge in [0.2, 0.25) is 5.91 Å². The lowest BCUT2D eigenvalue weighted by Crippen LogP contribution is -2.52. The van der Waals surface area contributed by atoms with Gasteiger partial charge in [-0.25, -0.2) is 0 Å². The third kappa shape index (κ3) is 4.45. The van der Waals surface area contributed by atoms with Gasteiger partial charge in [0.1, 0.15) is 5.75 Å². The maximum atomic E-state index is 12.8. The summed E-state index contributed by atoms with van der Waals surface area (Å²) in [7, 11) is 1.67. The minimum Gasteiger partial charge on any atom is -0.496 e. The first-order valence-corrected chi connectivity index (χ1v) is 8.30. The Bertz CT molecular complexity index is 513. The number of para-hydroxylation sites is 1. The van der Waals surface area contributed by atoms with Gasteiger partial charge in [-0.3, -0.25) is 10.1 Å². The summed E-state index contributed by atoms with van der Waals surface area (Å²) in [4.78, 5) is 14.7. The number of nitrogens with zero attached hydrogens (tertiary/aromatic N) is 1. The molecule has 5 heteroatoms. The quantitative estimate of drug-likeness (QED) is 0.873. The predicted molar refractivity (Wildman–Crippen MR) is 90.6 cm³/mol. The maximum Gasteiger partial charge on any atom is 0.240 e. The van der Waals surface area contributed by atoms with Gasteiger partial charge in [0.15, 0.2) is 0 Å². The summed E-state index contributed by atoms with van der Waals surface area (Å²) >= 11 is 0. The average Bonchev–Trinajstić information content (AvgIpc) is 2.59. The summed E-state index contributed by atoms with van der Waals surface area (Å²) in [5, 5.41) is 3.49. The summed E-state index contributed by atoms with van der Waals surface area (Å²) in [5.74, 6) is 1.21. The van der Waals surface area contributed by atoms with E-state index in [4.69, 9.17) is 9.47 Å². The maximum absolute atomic E-state index is 12.8. The highest BCUT2D eigenvalue weighted by molar-refractivity contribution is 5.82. The number of carbonyl (C=O) groups is 1. The smallest absolute Gasteiger partial charge is 0.240 e. The van der Waals surface area contributed by atoms with Gasteiger partial charge in [-0.05, 0) is 18.9 Å². The normalized spacial score (nSPS) is 17.9. The zero-order valence-electron chi connectivity index (χ0n) is 14.5. The van der Waals surface area contributed by atoms with Gasteiger partial charge in [0.05, 0.1) is 26.4 Å². The van der Waals surface area contributed by atoms with Crippen molar-refractivity contribution in [1.82, 2.24) is 10.2 Å². The van der Waals surface area contributed by atoms with Crippen molar-refractivity contribution in [3.63, 3.8) is 0 Å². The van der Waals surface area contributed by atoms with Crippen molar-refractivity contribution >= 4 is 5.91 Å². The molecule has 0 saturated carbocycles. The number of methoxy groups -OCH3 is 1. The Balaban J connectivity index is 2.10. The lowest BCUT2D eigenvalue weighted by atomic mass is 9.99. The van der Waals surface area contributed by atoms with Crippen molar-refractivity contribution < 1.29 is 14.3 Å². The zero-order valence-corrected chi connectivity index (χ0v) is 14.5. The molecule has 0 spiro atoms. The molecule has 0 radical (unpaired) electrons. The monoisotopic (exact) mass is 320 g/mol. The summed E-state index contributed by atoms with van der Waals surface area (Å²) in [6.07, 6.45) is 0. The average molecular weight is 320 g/mol. The first kappa shape index (κ1) is 17.8. The minimum absolute atomic E-state index is 0.0311. The van der Waals surface area contributed by atoms with Crippen LogP contribution in [0.1, 0.15) is 32.4 Å². The van der Waals surface area contributed by atoms with E-state index in [2.05, 4.69) is 26.1 Å². The Kier molecular flexibility index (Phi) is 6.42. The number of nitrogens with one attached hydrogen (secondary N) is 1. The summed E-state index contributed by atoms with van der Waals surface area (Å²) in [6, 6.07) is 7.74. The molecule has 2 atom stereocenters. The van der Waals surface area contributed by atoms with E-state index >= 15 is 0 Å². The SMILES string of the molecule is COc1ccccc1[C@H](C)N[C@H](C(=O)N1CCOCC1)C(C)C. The number of hydrogen-bond donors (Lipinski definition) is 1. The van der Waals surface area contributed by atoms with Crippen molar-refractivity contribution in [2.24, 2.45) is 5.92 Å². The number of benzene rings is 1. The van der Waals surface area contributed by atoms with Gasteiger partial charge >= 0.3 is 0 Å². The highest BCUT2D eigenvalue weighted by atomic mass is 16.5. The van der Waals surface area contributed by atoms with E-state index < -0.39 is 0 Å². The Hall–Kier alpha value is -1.59. The standard InChI is InChI=1S/C18H28N2O3/c1-13(2)17(18(21)20-9-11-23-12-10-20)19-14(3)15-7-5-6-8-16(15)22-4/h5-8,13-14,17,19H,9-12H2,1-4H3/t14-,17-/m0/s1. The molecule has 2 rings (SSSR count). The minimum atomic E-state index is -0.215. The van der Waals surface area contributed by atoms with Gasteiger partial charge in [-0.15, -0.1) is 0 Å². The molecule has 1 heterocycles. The van der Waals surface area contributed by atoms with Gasteiger partial charge in [-0.1, -0.05) is 32.0 Å². The van der Waals surface area contributed by atoms with E-state index in [9.17, 15) is 4.79 Å². The van der Waals surface area contributed by atoms with E-state index in [1.165, 1.54) is 0 Å². The predicted octanol–water partition coefficient (Wildman–Crippen LogP) is 2.23. The lowest BCUT2D eigenvalue weighted by molar-refractivity contribution is -0.138. The summed E-state index contributed by atoms with van der Waals surface area (Å²) in [6.45, 7) is 8.81. The van der Waals surface area contributed by atoms with Crippen molar-refractivity contribution in [3.05, 3.63) is 29.8 Å². The van der Waals surface area contributed by atoms with Crippen LogP contribution in [-0.2, 0) is 9.53 Å². The largest absolute Gasteiger partial charge is 0.496 e. The molecule has 1 aromatic rings. The van der Waals surface area contributed by atoms with Crippen molar-refractivity contribution in [2.45, 2.75) is 32.9 Å². The molecule has 1 amide bonds. The Morgan fingerprint density at radius 2 is 1.87 bits per heavy atom. The molecular formula is C18H28N2O3. The fourth-order valence-corrected chi connectivity index (χ4v) is 2.91. The number of morpholine rings is 1. The van der Waals surface area contributed by atoms with Crippen LogP contribution >= 0.6 is 0 Å². The fourth-order valence-electron chi connectivity index (χ4n) is 2.91. The number of carbonyl (C=O) groups excluding carboxylic acids is 1. The molecule has 1 fully saturated rings. The first-order chi connectivity index (χ1) is 11.0. The molecule has 1 N–H and O–H groups in total. The Morgan fingerprint density at radius 1 is 1.22 bits per heavy atom. The topological polar surface area (TPSA) is 50.8 Å². The number of ether oxygens (including phenoxy) is 2. The van der Waals surface area contributed by atoms with Gasteiger partial charge in [0, 0.05) is 24.7 Å². The van der Waals surface area contributed by atoms with E-state index in [1.54, 1.807) is 7.11 Å². The zero-order chi connectivity index (χ0) is 16.8. The molecule has 0 bridgehead atoms. The van der Waals surface area contributed by atoms with Crippen LogP contribution in [0.3, 0.4) is 0 Å². The van der Waals surface area contributed by atoms with E-state index in [0.29, 0.717) is 26.3 Å². The summed E-state index contributed by atoms with van der Waals surface area (Å²) < 4.78 is 10.8. The fraction of sp³-hybridized carbons (Fsp3) is 0.611. The molecule has 1 saturated heterocycles. The van der Waals surface area contributed by atoms with Crippen LogP contribution in [-0.4, -0.2) is 50.3 Å². The number of rotatable bonds is 6. The first-order valence-electron chi connectivity index (χ1n) is 8.30. The van der Waals surface area contributed by atoms with Gasteiger partial charge < -0.3 is 14.4 Å². The van der Waals surface area contributed by atoms with Crippen LogP contribution in [0.5, 0.6) is 5.75 Å². The van der Waals surface area contributed by atoms with Crippen LogP contribution in [0, 0.1) is 5.92 Å². The molecule has 0 unspecified atom stereocenters. The van der Waals surface area contributed by atoms with Crippen LogP contribution < -0.4 is 10.1 Å². The van der Waals surface area contributed by atoms with Crippen molar-refractivity contribution in [3.8, 4) is 5.75 Å². The molecule has 5 nitrogen and oxygen atoms in total. The highest BCUT2D eigenvalue weighted by Gasteiger charge is 2.29. The van der Waals surface area contributed by atoms with E-state index in [1.807, 2.05) is 29.2 Å². The van der Waals surface area contributed by atoms with Gasteiger partial charge in [0.25, 0.3) is 0 Å². The molecule has 128 valence electrons. The van der Waals surface area contributed by atoms with Gasteiger partial charge in [-0.2, -0.15) is 0 Å². The summed E-state index contributed by atoms with van der Waals surface area (Å²) in [5.41, 5.74) is 1.07. The molecule has 0 aliphatic carbocycles. The molecule has 1 aliphatic rings. The van der Waals surface area contributed by atoms with Crippen LogP contribution in [0.25, 0.3) is 0 Å².